The van der Waals surface area contributed by atoms with Crippen molar-refractivity contribution in [3.63, 3.8) is 0 Å². The molecule has 7 heteroatoms. The summed E-state index contributed by atoms with van der Waals surface area (Å²) in [6.45, 7) is 5.62. The van der Waals surface area contributed by atoms with Crippen LogP contribution in [0.25, 0.3) is 11.0 Å². The maximum absolute atomic E-state index is 11.7. The van der Waals surface area contributed by atoms with Gasteiger partial charge in [0.25, 0.3) is 0 Å². The van der Waals surface area contributed by atoms with Gasteiger partial charge in [-0.3, -0.25) is 9.58 Å². The maximum atomic E-state index is 11.7. The molecule has 0 aliphatic carbocycles. The first kappa shape index (κ1) is 15.4. The molecule has 1 fully saturated rings. The van der Waals surface area contributed by atoms with Crippen molar-refractivity contribution < 1.29 is 8.42 Å². The summed E-state index contributed by atoms with van der Waals surface area (Å²) < 4.78 is 25.2. The van der Waals surface area contributed by atoms with Crippen molar-refractivity contribution in [2.75, 3.05) is 18.1 Å². The van der Waals surface area contributed by atoms with E-state index in [9.17, 15) is 8.42 Å². The predicted octanol–water partition coefficient (Wildman–Crippen LogP) is 1.29. The highest BCUT2D eigenvalue weighted by atomic mass is 32.2. The second-order valence-electron chi connectivity index (χ2n) is 6.04. The number of aromatic nitrogens is 3. The van der Waals surface area contributed by atoms with E-state index in [0.29, 0.717) is 5.75 Å². The summed E-state index contributed by atoms with van der Waals surface area (Å²) in [5.74, 6) is 0.593. The molecule has 6 nitrogen and oxygen atoms in total. The summed E-state index contributed by atoms with van der Waals surface area (Å²) in [6.07, 6.45) is 2.60. The number of fused-ring (bicyclic) bond motifs is 1. The van der Waals surface area contributed by atoms with Crippen molar-refractivity contribution in [3.8, 4) is 0 Å². The van der Waals surface area contributed by atoms with Crippen LogP contribution in [0, 0.1) is 6.92 Å². The van der Waals surface area contributed by atoms with Gasteiger partial charge in [0.1, 0.15) is 0 Å². The standard InChI is InChI=1S/C15H22N4O2S/c1-4-19(13-5-6-22(20,21)10-13)9-12-7-14-11(2)17-18(3)15(14)16-8-12/h7-8,13H,4-6,9-10H2,1-3H3. The molecule has 1 saturated heterocycles. The third-order valence-electron chi connectivity index (χ3n) is 4.44. The summed E-state index contributed by atoms with van der Waals surface area (Å²) in [4.78, 5) is 6.73. The van der Waals surface area contributed by atoms with Crippen molar-refractivity contribution in [2.24, 2.45) is 7.05 Å². The lowest BCUT2D eigenvalue weighted by atomic mass is 10.1. The summed E-state index contributed by atoms with van der Waals surface area (Å²) in [5.41, 5.74) is 2.96. The smallest absolute Gasteiger partial charge is 0.157 e. The Bertz CT molecular complexity index is 797. The zero-order valence-corrected chi connectivity index (χ0v) is 14.1. The molecule has 0 aromatic carbocycles. The van der Waals surface area contributed by atoms with Crippen LogP contribution in [-0.4, -0.2) is 52.2 Å². The Balaban J connectivity index is 1.83. The van der Waals surface area contributed by atoms with Gasteiger partial charge < -0.3 is 0 Å². The van der Waals surface area contributed by atoms with E-state index in [0.717, 1.165) is 41.8 Å². The average molecular weight is 322 g/mol. The first-order chi connectivity index (χ1) is 10.4. The molecule has 2 aromatic heterocycles. The van der Waals surface area contributed by atoms with Gasteiger partial charge in [-0.2, -0.15) is 5.10 Å². The van der Waals surface area contributed by atoms with Crippen LogP contribution < -0.4 is 0 Å². The van der Waals surface area contributed by atoms with E-state index in [1.165, 1.54) is 0 Å². The van der Waals surface area contributed by atoms with E-state index >= 15 is 0 Å². The largest absolute Gasteiger partial charge is 0.295 e. The molecule has 3 heterocycles. The topological polar surface area (TPSA) is 68.1 Å². The molecule has 0 bridgehead atoms. The van der Waals surface area contributed by atoms with Gasteiger partial charge in [0.2, 0.25) is 0 Å². The Kier molecular flexibility index (Phi) is 3.94. The minimum atomic E-state index is -2.85. The molecular weight excluding hydrogens is 300 g/mol. The molecule has 2 aromatic rings. The zero-order chi connectivity index (χ0) is 15.9. The molecule has 0 amide bonds. The van der Waals surface area contributed by atoms with Gasteiger partial charge >= 0.3 is 0 Å². The van der Waals surface area contributed by atoms with Crippen LogP contribution in [0.5, 0.6) is 0 Å². The summed E-state index contributed by atoms with van der Waals surface area (Å²) in [6, 6.07) is 2.25. The van der Waals surface area contributed by atoms with Crippen LogP contribution in [0.1, 0.15) is 24.6 Å². The number of hydrogen-bond acceptors (Lipinski definition) is 5. The lowest BCUT2D eigenvalue weighted by Gasteiger charge is -2.26. The monoisotopic (exact) mass is 322 g/mol. The number of sulfone groups is 1. The van der Waals surface area contributed by atoms with Crippen LogP contribution in [0.15, 0.2) is 12.3 Å². The molecule has 3 rings (SSSR count). The molecular formula is C15H22N4O2S. The lowest BCUT2D eigenvalue weighted by Crippen LogP contribution is -2.35. The maximum Gasteiger partial charge on any atom is 0.157 e. The van der Waals surface area contributed by atoms with Crippen molar-refractivity contribution in [1.82, 2.24) is 19.7 Å². The number of rotatable bonds is 4. The van der Waals surface area contributed by atoms with Gasteiger partial charge in [-0.1, -0.05) is 6.92 Å². The van der Waals surface area contributed by atoms with Crippen molar-refractivity contribution in [1.29, 1.82) is 0 Å². The third kappa shape index (κ3) is 2.87. The SMILES string of the molecule is CCN(Cc1cnc2c(c1)c(C)nn2C)C1CCS(=O)(=O)C1. The highest BCUT2D eigenvalue weighted by Gasteiger charge is 2.31. The number of nitrogens with zero attached hydrogens (tertiary/aromatic N) is 4. The van der Waals surface area contributed by atoms with Crippen molar-refractivity contribution in [3.05, 3.63) is 23.5 Å². The Hall–Kier alpha value is -1.47. The first-order valence-corrected chi connectivity index (χ1v) is 9.44. The van der Waals surface area contributed by atoms with Crippen LogP contribution in [0.4, 0.5) is 0 Å². The third-order valence-corrected chi connectivity index (χ3v) is 6.19. The molecule has 0 saturated carbocycles. The molecule has 120 valence electrons. The first-order valence-electron chi connectivity index (χ1n) is 7.62. The number of hydrogen-bond donors (Lipinski definition) is 0. The van der Waals surface area contributed by atoms with E-state index in [4.69, 9.17) is 0 Å². The summed E-state index contributed by atoms with van der Waals surface area (Å²) in [7, 11) is -0.959. The number of aryl methyl sites for hydroxylation is 2. The fraction of sp³-hybridized carbons (Fsp3) is 0.600. The normalized spacial score (nSPS) is 21.0. The summed E-state index contributed by atoms with van der Waals surface area (Å²) >= 11 is 0. The molecule has 22 heavy (non-hydrogen) atoms. The second kappa shape index (κ2) is 5.62. The molecule has 1 atom stereocenters. The van der Waals surface area contributed by atoms with Crippen LogP contribution >= 0.6 is 0 Å². The predicted molar refractivity (Wildman–Crippen MR) is 86.4 cm³/mol. The van der Waals surface area contributed by atoms with Gasteiger partial charge in [0.05, 0.1) is 17.2 Å². The fourth-order valence-electron chi connectivity index (χ4n) is 3.23. The highest BCUT2D eigenvalue weighted by Crippen LogP contribution is 2.22. The molecule has 0 N–H and O–H groups in total. The zero-order valence-electron chi connectivity index (χ0n) is 13.3. The van der Waals surface area contributed by atoms with Gasteiger partial charge in [-0.25, -0.2) is 13.4 Å². The molecule has 1 unspecified atom stereocenters. The van der Waals surface area contributed by atoms with E-state index in [-0.39, 0.29) is 11.8 Å². The van der Waals surface area contributed by atoms with Gasteiger partial charge in [-0.05, 0) is 31.5 Å². The highest BCUT2D eigenvalue weighted by molar-refractivity contribution is 7.91. The fourth-order valence-corrected chi connectivity index (χ4v) is 5.00. The Labute approximate surface area is 131 Å². The van der Waals surface area contributed by atoms with Crippen LogP contribution in [0.3, 0.4) is 0 Å². The van der Waals surface area contributed by atoms with E-state index in [1.807, 2.05) is 20.2 Å². The minimum absolute atomic E-state index is 0.126. The van der Waals surface area contributed by atoms with E-state index < -0.39 is 9.84 Å². The average Bonchev–Trinajstić information content (AvgIpc) is 2.96. The van der Waals surface area contributed by atoms with Gasteiger partial charge in [0.15, 0.2) is 15.5 Å². The van der Waals surface area contributed by atoms with Crippen LogP contribution in [0.2, 0.25) is 0 Å². The van der Waals surface area contributed by atoms with E-state index in [1.54, 1.807) is 4.68 Å². The summed E-state index contributed by atoms with van der Waals surface area (Å²) in [5, 5.41) is 5.45. The minimum Gasteiger partial charge on any atom is -0.295 e. The molecule has 0 spiro atoms. The number of pyridine rings is 1. The molecule has 1 aliphatic heterocycles. The quantitative estimate of drug-likeness (QED) is 0.848. The van der Waals surface area contributed by atoms with Crippen LogP contribution in [-0.2, 0) is 23.4 Å². The van der Waals surface area contributed by atoms with Crippen molar-refractivity contribution in [2.45, 2.75) is 32.9 Å². The Morgan fingerprint density at radius 1 is 1.45 bits per heavy atom. The van der Waals surface area contributed by atoms with Gasteiger partial charge in [0, 0.05) is 31.2 Å². The van der Waals surface area contributed by atoms with Crippen molar-refractivity contribution >= 4 is 20.9 Å². The van der Waals surface area contributed by atoms with E-state index in [2.05, 4.69) is 28.0 Å². The lowest BCUT2D eigenvalue weighted by molar-refractivity contribution is 0.214. The molecule has 0 radical (unpaired) electrons. The second-order valence-corrected chi connectivity index (χ2v) is 8.27. The molecule has 1 aliphatic rings. The Morgan fingerprint density at radius 2 is 2.23 bits per heavy atom. The Morgan fingerprint density at radius 3 is 2.86 bits per heavy atom. The van der Waals surface area contributed by atoms with Gasteiger partial charge in [-0.15, -0.1) is 0 Å².